The molecule has 1 fully saturated rings. The number of hydrogen-bond donors (Lipinski definition) is 3. The Morgan fingerprint density at radius 2 is 2.05 bits per heavy atom. The van der Waals surface area contributed by atoms with Crippen LogP contribution in [0.15, 0.2) is 52.2 Å². The maximum absolute atomic E-state index is 13.6. The highest BCUT2D eigenvalue weighted by atomic mass is 31.2. The first-order chi connectivity index (χ1) is 17.5. The average Bonchev–Trinajstić information content (AvgIpc) is 3.12. The van der Waals surface area contributed by atoms with Crippen LogP contribution in [0.5, 0.6) is 5.75 Å². The van der Waals surface area contributed by atoms with E-state index in [0.717, 1.165) is 16.8 Å². The van der Waals surface area contributed by atoms with E-state index in [1.165, 1.54) is 26.0 Å². The molecule has 1 saturated heterocycles. The summed E-state index contributed by atoms with van der Waals surface area (Å²) in [7, 11) is -4.26. The topological polar surface area (TPSA) is 182 Å². The van der Waals surface area contributed by atoms with Gasteiger partial charge in [-0.25, -0.2) is 9.36 Å². The van der Waals surface area contributed by atoms with E-state index >= 15 is 0 Å². The average molecular weight is 536 g/mol. The van der Waals surface area contributed by atoms with Crippen LogP contribution < -0.4 is 20.9 Å². The number of nitrogens with one attached hydrogen (secondary N) is 2. The van der Waals surface area contributed by atoms with Gasteiger partial charge in [0.25, 0.3) is 5.56 Å². The van der Waals surface area contributed by atoms with Crippen molar-refractivity contribution in [2.75, 3.05) is 13.2 Å². The van der Waals surface area contributed by atoms with Gasteiger partial charge >= 0.3 is 19.4 Å². The molecule has 13 nitrogen and oxygen atoms in total. The predicted octanol–water partition coefficient (Wildman–Crippen LogP) is 1.46. The van der Waals surface area contributed by atoms with E-state index in [-0.39, 0.29) is 12.4 Å². The molecule has 3 N–H and O–H groups in total. The molecule has 200 valence electrons. The van der Waals surface area contributed by atoms with Crippen molar-refractivity contribution in [3.8, 4) is 11.8 Å². The molecule has 1 aromatic heterocycles. The van der Waals surface area contributed by atoms with Crippen LogP contribution >= 0.6 is 7.75 Å². The van der Waals surface area contributed by atoms with E-state index in [4.69, 9.17) is 18.5 Å². The fraction of sp³-hybridized carbons (Fsp3) is 0.478. The van der Waals surface area contributed by atoms with Gasteiger partial charge in [0.15, 0.2) is 6.23 Å². The van der Waals surface area contributed by atoms with Gasteiger partial charge in [0.1, 0.15) is 29.4 Å². The summed E-state index contributed by atoms with van der Waals surface area (Å²) < 4.78 is 36.6. The van der Waals surface area contributed by atoms with Crippen LogP contribution in [-0.4, -0.2) is 52.1 Å². The van der Waals surface area contributed by atoms with Crippen LogP contribution in [0.2, 0.25) is 0 Å². The largest absolute Gasteiger partial charge is 0.465 e. The Labute approximate surface area is 212 Å². The molecule has 0 saturated carbocycles. The fourth-order valence-electron chi connectivity index (χ4n) is 3.63. The molecule has 0 radical (unpaired) electrons. The van der Waals surface area contributed by atoms with Gasteiger partial charge in [-0.15, -0.1) is 0 Å². The third kappa shape index (κ3) is 6.54. The van der Waals surface area contributed by atoms with Gasteiger partial charge in [-0.1, -0.05) is 25.1 Å². The number of aliphatic hydroxyl groups is 1. The van der Waals surface area contributed by atoms with Crippen molar-refractivity contribution >= 4 is 13.7 Å². The molecule has 2 heterocycles. The molecule has 6 atom stereocenters. The molecule has 0 amide bonds. The quantitative estimate of drug-likeness (QED) is 0.279. The zero-order valence-corrected chi connectivity index (χ0v) is 21.4. The van der Waals surface area contributed by atoms with Gasteiger partial charge in [0, 0.05) is 12.3 Å². The number of rotatable bonds is 11. The summed E-state index contributed by atoms with van der Waals surface area (Å²) in [4.78, 5) is 38.1. The fourth-order valence-corrected chi connectivity index (χ4v) is 5.13. The first-order valence-electron chi connectivity index (χ1n) is 11.5. The van der Waals surface area contributed by atoms with Crippen molar-refractivity contribution in [1.29, 1.82) is 5.26 Å². The van der Waals surface area contributed by atoms with Crippen molar-refractivity contribution in [2.45, 2.75) is 51.7 Å². The number of esters is 1. The molecule has 14 heteroatoms. The predicted molar refractivity (Wildman–Crippen MR) is 129 cm³/mol. The second-order valence-corrected chi connectivity index (χ2v) is 10.3. The van der Waals surface area contributed by atoms with Crippen molar-refractivity contribution in [3.63, 3.8) is 0 Å². The molecular formula is C23H29N4O9P. The number of H-pyrrole nitrogens is 1. The van der Waals surface area contributed by atoms with Gasteiger partial charge in [-0.3, -0.25) is 23.7 Å². The Bertz CT molecular complexity index is 1290. The lowest BCUT2D eigenvalue weighted by Crippen LogP contribution is -2.41. The minimum atomic E-state index is -4.26. The van der Waals surface area contributed by atoms with Gasteiger partial charge in [-0.2, -0.15) is 10.3 Å². The minimum Gasteiger partial charge on any atom is -0.465 e. The Kier molecular flexibility index (Phi) is 9.07. The zero-order valence-electron chi connectivity index (χ0n) is 20.5. The summed E-state index contributed by atoms with van der Waals surface area (Å²) in [6.07, 6.45) is -2.27. The molecule has 2 aromatic rings. The van der Waals surface area contributed by atoms with Crippen LogP contribution in [0.1, 0.15) is 33.4 Å². The number of benzene rings is 1. The molecular weight excluding hydrogens is 507 g/mol. The first-order valence-corrected chi connectivity index (χ1v) is 13.1. The Morgan fingerprint density at radius 1 is 1.35 bits per heavy atom. The number of ether oxygens (including phenoxy) is 2. The summed E-state index contributed by atoms with van der Waals surface area (Å²) in [6, 6.07) is 10.0. The summed E-state index contributed by atoms with van der Waals surface area (Å²) in [5.74, 6) is -0.492. The molecule has 1 aromatic carbocycles. The van der Waals surface area contributed by atoms with Crippen LogP contribution in [0.25, 0.3) is 0 Å². The number of carbonyl (C=O) groups excluding carboxylic acids is 1. The highest BCUT2D eigenvalue weighted by Gasteiger charge is 2.55. The standard InChI is InChI=1S/C23H29N4O9P/c1-4-12-33-20(30)15(2)26-37(32,36-16-8-6-5-7-9-16)34-13-17-19(29)23(3,14-24)21(35-17)27-11-10-18(28)25-22(27)31/h5-11,15,17,19,21,29H,4,12-13H2,1-3H3,(H,26,32)(H,25,28,31)/t15-,17+,19+,21+,23+,37?/m0/s1. The Hall–Kier alpha value is -3.27. The molecule has 1 unspecified atom stereocenters. The van der Waals surface area contributed by atoms with E-state index in [9.17, 15) is 29.3 Å². The van der Waals surface area contributed by atoms with Crippen LogP contribution in [-0.2, 0) is 23.4 Å². The SMILES string of the molecule is CCCOC(=O)[C@H](C)NP(=O)(OC[C@H]1O[C@@H](n2ccc(=O)[nH]c2=O)[C@](C)(C#N)[C@@H]1O)Oc1ccccc1. The summed E-state index contributed by atoms with van der Waals surface area (Å²) >= 11 is 0. The summed E-state index contributed by atoms with van der Waals surface area (Å²) in [6.45, 7) is 4.27. The number of para-hydroxylation sites is 1. The van der Waals surface area contributed by atoms with Crippen molar-refractivity contribution in [3.05, 3.63) is 63.4 Å². The first kappa shape index (κ1) is 28.3. The Balaban J connectivity index is 1.82. The van der Waals surface area contributed by atoms with E-state index in [0.29, 0.717) is 6.42 Å². The highest BCUT2D eigenvalue weighted by molar-refractivity contribution is 7.52. The third-order valence-electron chi connectivity index (χ3n) is 5.66. The maximum atomic E-state index is 13.6. The van der Waals surface area contributed by atoms with Gasteiger partial charge < -0.3 is 19.1 Å². The Morgan fingerprint density at radius 3 is 2.68 bits per heavy atom. The summed E-state index contributed by atoms with van der Waals surface area (Å²) in [5.41, 5.74) is -3.12. The minimum absolute atomic E-state index is 0.177. The third-order valence-corrected chi connectivity index (χ3v) is 7.30. The van der Waals surface area contributed by atoms with Gasteiger partial charge in [0.2, 0.25) is 0 Å². The van der Waals surface area contributed by atoms with Gasteiger partial charge in [0.05, 0.1) is 19.3 Å². The van der Waals surface area contributed by atoms with E-state index in [2.05, 4.69) is 10.1 Å². The van der Waals surface area contributed by atoms with E-state index in [1.54, 1.807) is 18.2 Å². The number of nitrogens with zero attached hydrogens (tertiary/aromatic N) is 2. The number of carbonyl (C=O) groups is 1. The molecule has 1 aliphatic heterocycles. The van der Waals surface area contributed by atoms with Crippen molar-refractivity contribution in [1.82, 2.24) is 14.6 Å². The van der Waals surface area contributed by atoms with E-state index in [1.807, 2.05) is 13.0 Å². The van der Waals surface area contributed by atoms with Crippen molar-refractivity contribution < 1.29 is 33.0 Å². The number of aromatic amines is 1. The highest BCUT2D eigenvalue weighted by Crippen LogP contribution is 2.48. The lowest BCUT2D eigenvalue weighted by atomic mass is 9.84. The number of aromatic nitrogens is 2. The lowest BCUT2D eigenvalue weighted by molar-refractivity contribution is -0.145. The zero-order chi connectivity index (χ0) is 27.2. The molecule has 37 heavy (non-hydrogen) atoms. The van der Waals surface area contributed by atoms with Crippen molar-refractivity contribution in [2.24, 2.45) is 5.41 Å². The molecule has 3 rings (SSSR count). The molecule has 0 spiro atoms. The molecule has 0 bridgehead atoms. The van der Waals surface area contributed by atoms with E-state index < -0.39 is 61.5 Å². The van der Waals surface area contributed by atoms with Crippen LogP contribution in [0, 0.1) is 16.7 Å². The smallest absolute Gasteiger partial charge is 0.459 e. The number of nitriles is 1. The summed E-state index contributed by atoms with van der Waals surface area (Å²) in [5, 5.41) is 23.2. The second kappa shape index (κ2) is 11.9. The molecule has 1 aliphatic rings. The number of hydrogen-bond acceptors (Lipinski definition) is 10. The van der Waals surface area contributed by atoms with Crippen LogP contribution in [0.4, 0.5) is 0 Å². The normalized spacial score (nSPS) is 25.5. The monoisotopic (exact) mass is 536 g/mol. The van der Waals surface area contributed by atoms with Crippen LogP contribution in [0.3, 0.4) is 0 Å². The maximum Gasteiger partial charge on any atom is 0.459 e. The van der Waals surface area contributed by atoms with Gasteiger partial charge in [-0.05, 0) is 32.4 Å². The lowest BCUT2D eigenvalue weighted by Gasteiger charge is -2.26. The second-order valence-electron chi connectivity index (χ2n) is 8.60. The number of aliphatic hydroxyl groups excluding tert-OH is 1. The molecule has 0 aliphatic carbocycles.